The SMILES string of the molecule is C=C[C@H](O)C(C)(C)CCC1(C(=C)C)OCCO1. The standard InChI is InChI=1S/C14H24O3/c1-6-12(15)13(4,5)7-8-14(11(2)3)16-9-10-17-14/h6,12,15H,1-2,7-10H2,3-5H3/t12-/m0/s1. The van der Waals surface area contributed by atoms with Gasteiger partial charge < -0.3 is 14.6 Å². The molecule has 1 rings (SSSR count). The second-order valence-corrected chi connectivity index (χ2v) is 5.40. The minimum absolute atomic E-state index is 0.237. The Hall–Kier alpha value is -0.640. The molecule has 0 aromatic rings. The van der Waals surface area contributed by atoms with E-state index in [1.54, 1.807) is 6.08 Å². The van der Waals surface area contributed by atoms with Crippen LogP contribution in [0.3, 0.4) is 0 Å². The molecule has 0 unspecified atom stereocenters. The van der Waals surface area contributed by atoms with Crippen molar-refractivity contribution >= 4 is 0 Å². The second kappa shape index (κ2) is 5.34. The lowest BCUT2D eigenvalue weighted by atomic mass is 9.80. The van der Waals surface area contributed by atoms with Crippen molar-refractivity contribution in [3.05, 3.63) is 24.8 Å². The molecule has 1 aliphatic heterocycles. The lowest BCUT2D eigenvalue weighted by Gasteiger charge is -2.34. The summed E-state index contributed by atoms with van der Waals surface area (Å²) in [5.41, 5.74) is 0.651. The Bertz CT molecular complexity index is 288. The molecule has 17 heavy (non-hydrogen) atoms. The number of hydrogen-bond acceptors (Lipinski definition) is 3. The number of hydrogen-bond donors (Lipinski definition) is 1. The molecule has 0 aromatic carbocycles. The molecule has 1 heterocycles. The highest BCUT2D eigenvalue weighted by Gasteiger charge is 2.39. The van der Waals surface area contributed by atoms with Crippen LogP contribution in [0.5, 0.6) is 0 Å². The van der Waals surface area contributed by atoms with Gasteiger partial charge >= 0.3 is 0 Å². The van der Waals surface area contributed by atoms with Crippen LogP contribution in [0.2, 0.25) is 0 Å². The Morgan fingerprint density at radius 2 is 2.00 bits per heavy atom. The van der Waals surface area contributed by atoms with E-state index in [-0.39, 0.29) is 5.41 Å². The van der Waals surface area contributed by atoms with E-state index in [0.29, 0.717) is 19.6 Å². The van der Waals surface area contributed by atoms with Gasteiger partial charge in [0.25, 0.3) is 0 Å². The number of ether oxygens (including phenoxy) is 2. The minimum atomic E-state index is -0.655. The van der Waals surface area contributed by atoms with E-state index in [9.17, 15) is 5.11 Å². The maximum absolute atomic E-state index is 9.86. The summed E-state index contributed by atoms with van der Waals surface area (Å²) in [7, 11) is 0. The van der Waals surface area contributed by atoms with Crippen molar-refractivity contribution < 1.29 is 14.6 Å². The molecule has 0 radical (unpaired) electrons. The van der Waals surface area contributed by atoms with E-state index in [0.717, 1.165) is 12.0 Å². The molecule has 0 aliphatic carbocycles. The Labute approximate surface area is 104 Å². The predicted molar refractivity (Wildman–Crippen MR) is 68.7 cm³/mol. The first kappa shape index (κ1) is 14.4. The van der Waals surface area contributed by atoms with Gasteiger partial charge in [0.2, 0.25) is 0 Å². The van der Waals surface area contributed by atoms with Gasteiger partial charge in [-0.1, -0.05) is 26.5 Å². The molecule has 0 amide bonds. The quantitative estimate of drug-likeness (QED) is 0.725. The Morgan fingerprint density at radius 3 is 2.41 bits per heavy atom. The summed E-state index contributed by atoms with van der Waals surface area (Å²) >= 11 is 0. The largest absolute Gasteiger partial charge is 0.388 e. The molecule has 1 N–H and O–H groups in total. The van der Waals surface area contributed by atoms with Gasteiger partial charge in [-0.05, 0) is 24.3 Å². The minimum Gasteiger partial charge on any atom is -0.388 e. The summed E-state index contributed by atoms with van der Waals surface area (Å²) in [6.07, 6.45) is 2.54. The lowest BCUT2D eigenvalue weighted by Crippen LogP contribution is -2.35. The molecule has 0 saturated carbocycles. The molecule has 3 heteroatoms. The van der Waals surface area contributed by atoms with Gasteiger partial charge in [-0.15, -0.1) is 6.58 Å². The molecule has 1 saturated heterocycles. The Morgan fingerprint density at radius 1 is 1.47 bits per heavy atom. The van der Waals surface area contributed by atoms with Crippen LogP contribution >= 0.6 is 0 Å². The van der Waals surface area contributed by atoms with Crippen molar-refractivity contribution in [1.29, 1.82) is 0 Å². The molecule has 3 nitrogen and oxygen atoms in total. The summed E-state index contributed by atoms with van der Waals surface area (Å²) in [5, 5.41) is 9.86. The molecule has 0 aromatic heterocycles. The van der Waals surface area contributed by atoms with Crippen LogP contribution in [0.25, 0.3) is 0 Å². The van der Waals surface area contributed by atoms with E-state index in [4.69, 9.17) is 9.47 Å². The highest BCUT2D eigenvalue weighted by Crippen LogP contribution is 2.37. The summed E-state index contributed by atoms with van der Waals surface area (Å²) in [5.74, 6) is -0.655. The molecular formula is C14H24O3. The average molecular weight is 240 g/mol. The summed E-state index contributed by atoms with van der Waals surface area (Å²) < 4.78 is 11.4. The first-order valence-electron chi connectivity index (χ1n) is 6.08. The first-order chi connectivity index (χ1) is 7.84. The third-order valence-corrected chi connectivity index (χ3v) is 3.53. The number of aliphatic hydroxyl groups is 1. The zero-order valence-electron chi connectivity index (χ0n) is 11.2. The van der Waals surface area contributed by atoms with Gasteiger partial charge in [-0.25, -0.2) is 0 Å². The van der Waals surface area contributed by atoms with Gasteiger partial charge in [0.05, 0.1) is 19.3 Å². The molecule has 1 atom stereocenters. The zero-order chi connectivity index (χ0) is 13.1. The monoisotopic (exact) mass is 240 g/mol. The molecule has 1 fully saturated rings. The van der Waals surface area contributed by atoms with Crippen LogP contribution in [-0.4, -0.2) is 30.2 Å². The maximum Gasteiger partial charge on any atom is 0.190 e. The normalized spacial score (nSPS) is 21.2. The van der Waals surface area contributed by atoms with Gasteiger partial charge in [0, 0.05) is 6.42 Å². The van der Waals surface area contributed by atoms with Gasteiger partial charge in [0.1, 0.15) is 0 Å². The van der Waals surface area contributed by atoms with Gasteiger partial charge in [-0.3, -0.25) is 0 Å². The summed E-state index contributed by atoms with van der Waals surface area (Å²) in [6, 6.07) is 0. The fourth-order valence-corrected chi connectivity index (χ4v) is 2.01. The number of rotatable bonds is 6. The fourth-order valence-electron chi connectivity index (χ4n) is 2.01. The Balaban J connectivity index is 2.64. The van der Waals surface area contributed by atoms with Crippen molar-refractivity contribution in [3.8, 4) is 0 Å². The fraction of sp³-hybridized carbons (Fsp3) is 0.714. The average Bonchev–Trinajstić information content (AvgIpc) is 2.75. The van der Waals surface area contributed by atoms with Crippen molar-refractivity contribution in [2.24, 2.45) is 5.41 Å². The zero-order valence-corrected chi connectivity index (χ0v) is 11.2. The molecular weight excluding hydrogens is 216 g/mol. The summed E-state index contributed by atoms with van der Waals surface area (Å²) in [4.78, 5) is 0. The third-order valence-electron chi connectivity index (χ3n) is 3.53. The van der Waals surface area contributed by atoms with Gasteiger partial charge in [-0.2, -0.15) is 0 Å². The van der Waals surface area contributed by atoms with E-state index in [2.05, 4.69) is 13.2 Å². The van der Waals surface area contributed by atoms with Gasteiger partial charge in [0.15, 0.2) is 5.79 Å². The van der Waals surface area contributed by atoms with Crippen LogP contribution < -0.4 is 0 Å². The predicted octanol–water partition coefficient (Wildman–Crippen LogP) is 2.66. The maximum atomic E-state index is 9.86. The number of aliphatic hydroxyl groups excluding tert-OH is 1. The first-order valence-corrected chi connectivity index (χ1v) is 6.08. The van der Waals surface area contributed by atoms with Crippen LogP contribution in [-0.2, 0) is 9.47 Å². The van der Waals surface area contributed by atoms with Crippen LogP contribution in [0.15, 0.2) is 24.8 Å². The van der Waals surface area contributed by atoms with Crippen LogP contribution in [0, 0.1) is 5.41 Å². The third kappa shape index (κ3) is 3.18. The van der Waals surface area contributed by atoms with Crippen molar-refractivity contribution in [2.75, 3.05) is 13.2 Å². The second-order valence-electron chi connectivity index (χ2n) is 5.40. The van der Waals surface area contributed by atoms with Crippen molar-refractivity contribution in [1.82, 2.24) is 0 Å². The molecule has 1 aliphatic rings. The van der Waals surface area contributed by atoms with E-state index in [1.165, 1.54) is 0 Å². The molecule has 0 bridgehead atoms. The van der Waals surface area contributed by atoms with E-state index < -0.39 is 11.9 Å². The lowest BCUT2D eigenvalue weighted by molar-refractivity contribution is -0.137. The smallest absolute Gasteiger partial charge is 0.190 e. The highest BCUT2D eigenvalue weighted by atomic mass is 16.7. The van der Waals surface area contributed by atoms with E-state index >= 15 is 0 Å². The summed E-state index contributed by atoms with van der Waals surface area (Å²) in [6.45, 7) is 14.7. The van der Waals surface area contributed by atoms with Crippen LogP contribution in [0.1, 0.15) is 33.6 Å². The van der Waals surface area contributed by atoms with E-state index in [1.807, 2.05) is 20.8 Å². The van der Waals surface area contributed by atoms with Crippen LogP contribution in [0.4, 0.5) is 0 Å². The highest BCUT2D eigenvalue weighted by molar-refractivity contribution is 5.07. The topological polar surface area (TPSA) is 38.7 Å². The molecule has 0 spiro atoms. The van der Waals surface area contributed by atoms with Crippen molar-refractivity contribution in [2.45, 2.75) is 45.5 Å². The Kier molecular flexibility index (Phi) is 4.53. The molecule has 98 valence electrons. The van der Waals surface area contributed by atoms with Crippen molar-refractivity contribution in [3.63, 3.8) is 0 Å².